The van der Waals surface area contributed by atoms with Gasteiger partial charge in [-0.1, -0.05) is 19.8 Å². The van der Waals surface area contributed by atoms with Crippen LogP contribution in [0.25, 0.3) is 0 Å². The maximum absolute atomic E-state index is 9.76. The van der Waals surface area contributed by atoms with Crippen molar-refractivity contribution in [2.45, 2.75) is 37.7 Å². The molecule has 2 nitrogen and oxygen atoms in total. The van der Waals surface area contributed by atoms with Crippen LogP contribution in [0.2, 0.25) is 5.05 Å². The van der Waals surface area contributed by atoms with Crippen LogP contribution in [0.5, 0.6) is 0 Å². The minimum absolute atomic E-state index is 0.216. The normalized spacial score (nSPS) is 8.00. The summed E-state index contributed by atoms with van der Waals surface area (Å²) in [4.78, 5) is 9.76. The molecule has 0 heterocycles. The van der Waals surface area contributed by atoms with Crippen molar-refractivity contribution < 1.29 is 9.90 Å². The summed E-state index contributed by atoms with van der Waals surface area (Å²) in [5, 5.41) is 11.8. The van der Waals surface area contributed by atoms with Gasteiger partial charge < -0.3 is 9.90 Å². The Hall–Kier alpha value is 0.236. The summed E-state index contributed by atoms with van der Waals surface area (Å²) >= 11 is 1.86. The predicted octanol–water partition coefficient (Wildman–Crippen LogP) is 0.520. The first kappa shape index (κ1) is 12.9. The second-order valence-electron chi connectivity index (χ2n) is 1.83. The Balaban J connectivity index is 0. The van der Waals surface area contributed by atoms with E-state index in [1.807, 2.05) is 33.7 Å². The number of carbonyl (C=O) groups is 1. The van der Waals surface area contributed by atoms with Crippen molar-refractivity contribution in [3.63, 3.8) is 0 Å². The third-order valence-corrected chi connectivity index (χ3v) is 0.984. The van der Waals surface area contributed by atoms with Crippen LogP contribution in [0.3, 0.4) is 0 Å². The van der Waals surface area contributed by atoms with Gasteiger partial charge in [0, 0.05) is 5.97 Å². The van der Waals surface area contributed by atoms with E-state index in [-0.39, 0.29) is 6.42 Å². The van der Waals surface area contributed by atoms with Gasteiger partial charge in [0.25, 0.3) is 0 Å². The van der Waals surface area contributed by atoms with Crippen molar-refractivity contribution in [1.29, 1.82) is 0 Å². The van der Waals surface area contributed by atoms with Crippen LogP contribution >= 0.6 is 0 Å². The Kier molecular flexibility index (Phi) is 15.4. The monoisotopic (exact) mass is 154 g/mol. The van der Waals surface area contributed by atoms with Crippen molar-refractivity contribution in [3.05, 3.63) is 0 Å². The molecule has 0 bridgehead atoms. The Labute approximate surface area is 75.4 Å². The molecule has 0 spiro atoms. The fourth-order valence-electron chi connectivity index (χ4n) is 0.519. The molecule has 0 radical (unpaired) electrons. The van der Waals surface area contributed by atoms with Crippen molar-refractivity contribution in [3.8, 4) is 0 Å². The zero-order valence-corrected chi connectivity index (χ0v) is 8.27. The SMILES string of the molecule is CCCCCC(=O)[O-].[CH3][Mg+]. The molecule has 0 saturated carbocycles. The summed E-state index contributed by atoms with van der Waals surface area (Å²) < 4.78 is 0. The Bertz CT molecular complexity index is 74.0. The average molecular weight is 154 g/mol. The number of aliphatic carboxylic acids is 1. The van der Waals surface area contributed by atoms with Crippen LogP contribution in [0.1, 0.15) is 32.6 Å². The molecule has 0 aliphatic carbocycles. The average Bonchev–Trinajstić information content (AvgIpc) is 1.92. The van der Waals surface area contributed by atoms with Gasteiger partial charge in [-0.05, 0) is 12.8 Å². The molecule has 0 aliphatic heterocycles. The van der Waals surface area contributed by atoms with Crippen LogP contribution in [0, 0.1) is 0 Å². The van der Waals surface area contributed by atoms with Gasteiger partial charge in [0.15, 0.2) is 0 Å². The first-order valence-corrected chi connectivity index (χ1v) is 5.09. The van der Waals surface area contributed by atoms with Gasteiger partial charge in [0.1, 0.15) is 0 Å². The zero-order valence-electron chi connectivity index (χ0n) is 6.85. The van der Waals surface area contributed by atoms with Crippen molar-refractivity contribution in [1.82, 2.24) is 0 Å². The summed E-state index contributed by atoms with van der Waals surface area (Å²) in [5.74, 6) is -0.932. The molecule has 0 aliphatic rings. The van der Waals surface area contributed by atoms with E-state index in [4.69, 9.17) is 0 Å². The third-order valence-electron chi connectivity index (χ3n) is 0.984. The molecule has 0 saturated heterocycles. The van der Waals surface area contributed by atoms with E-state index in [0.29, 0.717) is 0 Å². The van der Waals surface area contributed by atoms with Gasteiger partial charge in [-0.2, -0.15) is 0 Å². The van der Waals surface area contributed by atoms with Gasteiger partial charge in [-0.25, -0.2) is 0 Å². The number of hydrogen-bond donors (Lipinski definition) is 0. The molecule has 0 N–H and O–H groups in total. The van der Waals surface area contributed by atoms with Gasteiger partial charge in [-0.3, -0.25) is 0 Å². The summed E-state index contributed by atoms with van der Waals surface area (Å²) in [7, 11) is 0. The maximum atomic E-state index is 9.76. The van der Waals surface area contributed by atoms with Crippen LogP contribution in [-0.2, 0) is 4.79 Å². The Morgan fingerprint density at radius 1 is 1.40 bits per heavy atom. The predicted molar refractivity (Wildman–Crippen MR) is 40.8 cm³/mol. The van der Waals surface area contributed by atoms with Gasteiger partial charge in [0.2, 0.25) is 0 Å². The Morgan fingerprint density at radius 3 is 2.20 bits per heavy atom. The molecule has 3 heteroatoms. The van der Waals surface area contributed by atoms with Crippen molar-refractivity contribution in [2.75, 3.05) is 0 Å². The number of carboxylic acids is 1. The molecule has 56 valence electrons. The molecule has 0 amide bonds. The topological polar surface area (TPSA) is 40.1 Å². The van der Waals surface area contributed by atoms with E-state index in [1.54, 1.807) is 0 Å². The summed E-state index contributed by atoms with van der Waals surface area (Å²) in [5.41, 5.74) is 0. The van der Waals surface area contributed by atoms with Gasteiger partial charge >= 0.3 is 26.8 Å². The van der Waals surface area contributed by atoms with E-state index in [0.717, 1.165) is 19.3 Å². The van der Waals surface area contributed by atoms with E-state index in [2.05, 4.69) is 0 Å². The molecular weight excluding hydrogens is 140 g/mol. The molecule has 0 fully saturated rings. The van der Waals surface area contributed by atoms with Gasteiger partial charge in [0.05, 0.1) is 0 Å². The van der Waals surface area contributed by atoms with Crippen LogP contribution in [0.4, 0.5) is 0 Å². The van der Waals surface area contributed by atoms with E-state index >= 15 is 0 Å². The summed E-state index contributed by atoms with van der Waals surface area (Å²) in [6.45, 7) is 2.04. The van der Waals surface area contributed by atoms with Gasteiger partial charge in [-0.15, -0.1) is 0 Å². The molecule has 10 heavy (non-hydrogen) atoms. The van der Waals surface area contributed by atoms with E-state index in [9.17, 15) is 9.90 Å². The van der Waals surface area contributed by atoms with E-state index < -0.39 is 5.97 Å². The molecule has 0 rings (SSSR count). The fourth-order valence-corrected chi connectivity index (χ4v) is 0.519. The zero-order chi connectivity index (χ0) is 8.41. The van der Waals surface area contributed by atoms with Crippen molar-refractivity contribution >= 4 is 27.7 Å². The van der Waals surface area contributed by atoms with Crippen LogP contribution in [0.15, 0.2) is 0 Å². The molecule has 0 aromatic rings. The van der Waals surface area contributed by atoms with Crippen LogP contribution < -0.4 is 5.11 Å². The minimum atomic E-state index is -0.932. The number of rotatable bonds is 4. The number of hydrogen-bond acceptors (Lipinski definition) is 2. The number of carbonyl (C=O) groups excluding carboxylic acids is 1. The molecule has 0 aromatic carbocycles. The second kappa shape index (κ2) is 12.0. The third kappa shape index (κ3) is 15.7. The molecule has 0 unspecified atom stereocenters. The van der Waals surface area contributed by atoms with E-state index in [1.165, 1.54) is 0 Å². The number of unbranched alkanes of at least 4 members (excludes halogenated alkanes) is 2. The number of carboxylic acid groups (broad SMARTS) is 1. The van der Waals surface area contributed by atoms with Crippen LogP contribution in [-0.4, -0.2) is 27.7 Å². The molecular formula is C7H14MgO2. The quantitative estimate of drug-likeness (QED) is 0.438. The molecule has 0 atom stereocenters. The standard InChI is InChI=1S/C6H12O2.CH3.Mg/c1-2-3-4-5-6(7)8;;/h2-5H2,1H3,(H,7,8);1H3;/q;;+1/p-1. The first-order valence-electron chi connectivity index (χ1n) is 3.68. The molecule has 0 aromatic heterocycles. The fraction of sp³-hybridized carbons (Fsp3) is 0.857. The first-order chi connectivity index (χ1) is 4.77. The summed E-state index contributed by atoms with van der Waals surface area (Å²) in [6.07, 6.45) is 3.04. The van der Waals surface area contributed by atoms with Crippen molar-refractivity contribution in [2.24, 2.45) is 0 Å². The second-order valence-corrected chi connectivity index (χ2v) is 1.83. The summed E-state index contributed by atoms with van der Waals surface area (Å²) in [6, 6.07) is 0. The Morgan fingerprint density at radius 2 is 1.90 bits per heavy atom.